The number of ether oxygens (including phenoxy) is 1. The maximum absolute atomic E-state index is 12.6. The molecule has 1 atom stereocenters. The molecule has 0 spiro atoms. The molecule has 148 valence electrons. The molecule has 0 bridgehead atoms. The van der Waals surface area contributed by atoms with E-state index in [1.165, 1.54) is 0 Å². The van der Waals surface area contributed by atoms with Gasteiger partial charge in [-0.25, -0.2) is 0 Å². The topological polar surface area (TPSA) is 71.8 Å². The van der Waals surface area contributed by atoms with Crippen LogP contribution in [0, 0.1) is 12.8 Å². The minimum absolute atomic E-state index is 0.0385. The lowest BCUT2D eigenvalue weighted by atomic mass is 10.1. The third-order valence-corrected chi connectivity index (χ3v) is 4.86. The van der Waals surface area contributed by atoms with E-state index < -0.39 is 0 Å². The number of hydrogen-bond acceptors (Lipinski definition) is 4. The van der Waals surface area contributed by atoms with E-state index in [1.807, 2.05) is 37.3 Å². The summed E-state index contributed by atoms with van der Waals surface area (Å²) in [5.74, 6) is 1.59. The van der Waals surface area contributed by atoms with Gasteiger partial charge in [0.15, 0.2) is 0 Å². The van der Waals surface area contributed by atoms with E-state index >= 15 is 0 Å². The molecular weight excluding hydrogens is 368 g/mol. The van der Waals surface area contributed by atoms with Crippen LogP contribution in [0.1, 0.15) is 17.7 Å². The number of carbonyl (C=O) groups is 2. The summed E-state index contributed by atoms with van der Waals surface area (Å²) in [6.07, 6.45) is 1.79. The molecule has 6 nitrogen and oxygen atoms in total. The average molecular weight is 390 g/mol. The number of furan rings is 1. The van der Waals surface area contributed by atoms with Crippen LogP contribution in [0.5, 0.6) is 11.5 Å². The van der Waals surface area contributed by atoms with Gasteiger partial charge in [0.05, 0.1) is 18.7 Å². The molecule has 2 heterocycles. The highest BCUT2D eigenvalue weighted by Gasteiger charge is 2.34. The number of nitrogens with one attached hydrogen (secondary N) is 1. The Morgan fingerprint density at radius 3 is 2.69 bits per heavy atom. The van der Waals surface area contributed by atoms with Gasteiger partial charge >= 0.3 is 0 Å². The van der Waals surface area contributed by atoms with E-state index in [0.29, 0.717) is 30.3 Å². The Kier molecular flexibility index (Phi) is 5.33. The van der Waals surface area contributed by atoms with Crippen molar-refractivity contribution in [2.45, 2.75) is 19.9 Å². The SMILES string of the molecule is Cc1cccc(Oc2ccc(NC(=O)C3CC(=O)N(Cc4ccco4)C3)cc2)c1. The molecule has 6 heteroatoms. The van der Waals surface area contributed by atoms with Gasteiger partial charge in [-0.05, 0) is 61.0 Å². The number of likely N-dealkylation sites (tertiary alicyclic amines) is 1. The van der Waals surface area contributed by atoms with E-state index in [1.54, 1.807) is 41.5 Å². The van der Waals surface area contributed by atoms with Gasteiger partial charge in [-0.2, -0.15) is 0 Å². The van der Waals surface area contributed by atoms with Gasteiger partial charge in [0.25, 0.3) is 0 Å². The maximum Gasteiger partial charge on any atom is 0.229 e. The van der Waals surface area contributed by atoms with Gasteiger partial charge in [-0.3, -0.25) is 9.59 Å². The fourth-order valence-corrected chi connectivity index (χ4v) is 3.36. The van der Waals surface area contributed by atoms with Crippen LogP contribution < -0.4 is 10.1 Å². The quantitative estimate of drug-likeness (QED) is 0.678. The van der Waals surface area contributed by atoms with Crippen molar-refractivity contribution in [1.82, 2.24) is 4.90 Å². The lowest BCUT2D eigenvalue weighted by molar-refractivity contribution is -0.128. The number of amides is 2. The Balaban J connectivity index is 1.33. The van der Waals surface area contributed by atoms with E-state index in [9.17, 15) is 9.59 Å². The minimum atomic E-state index is -0.374. The Labute approximate surface area is 169 Å². The second kappa shape index (κ2) is 8.22. The number of aryl methyl sites for hydroxylation is 1. The zero-order valence-corrected chi connectivity index (χ0v) is 16.1. The molecule has 2 aromatic carbocycles. The minimum Gasteiger partial charge on any atom is -0.467 e. The highest BCUT2D eigenvalue weighted by atomic mass is 16.5. The summed E-state index contributed by atoms with van der Waals surface area (Å²) in [4.78, 5) is 26.4. The summed E-state index contributed by atoms with van der Waals surface area (Å²) >= 11 is 0. The first-order chi connectivity index (χ1) is 14.1. The molecule has 3 aromatic rings. The molecule has 0 radical (unpaired) electrons. The lowest BCUT2D eigenvalue weighted by Gasteiger charge is -2.15. The number of hydrogen-bond donors (Lipinski definition) is 1. The first-order valence-electron chi connectivity index (χ1n) is 9.52. The third-order valence-electron chi connectivity index (χ3n) is 4.86. The van der Waals surface area contributed by atoms with Crippen molar-refractivity contribution < 1.29 is 18.7 Å². The predicted octanol–water partition coefficient (Wildman–Crippen LogP) is 4.37. The van der Waals surface area contributed by atoms with Crippen LogP contribution in [0.15, 0.2) is 71.3 Å². The second-order valence-corrected chi connectivity index (χ2v) is 7.19. The van der Waals surface area contributed by atoms with Crippen LogP contribution in [-0.4, -0.2) is 23.3 Å². The fraction of sp³-hybridized carbons (Fsp3) is 0.217. The molecule has 4 rings (SSSR count). The molecule has 1 aliphatic rings. The van der Waals surface area contributed by atoms with Gasteiger partial charge in [-0.15, -0.1) is 0 Å². The molecule has 1 unspecified atom stereocenters. The van der Waals surface area contributed by atoms with Crippen LogP contribution in [0.4, 0.5) is 5.69 Å². The molecule has 1 saturated heterocycles. The molecule has 1 N–H and O–H groups in total. The highest BCUT2D eigenvalue weighted by Crippen LogP contribution is 2.25. The van der Waals surface area contributed by atoms with E-state index in [2.05, 4.69) is 5.32 Å². The van der Waals surface area contributed by atoms with Crippen molar-refractivity contribution in [3.8, 4) is 11.5 Å². The van der Waals surface area contributed by atoms with Gasteiger partial charge in [0.1, 0.15) is 17.3 Å². The van der Waals surface area contributed by atoms with E-state index in [4.69, 9.17) is 9.15 Å². The van der Waals surface area contributed by atoms with Crippen molar-refractivity contribution >= 4 is 17.5 Å². The number of anilines is 1. The lowest BCUT2D eigenvalue weighted by Crippen LogP contribution is -2.27. The Morgan fingerprint density at radius 1 is 1.14 bits per heavy atom. The van der Waals surface area contributed by atoms with Gasteiger partial charge < -0.3 is 19.4 Å². The van der Waals surface area contributed by atoms with Crippen molar-refractivity contribution in [3.63, 3.8) is 0 Å². The Bertz CT molecular complexity index is 996. The second-order valence-electron chi connectivity index (χ2n) is 7.19. The summed E-state index contributed by atoms with van der Waals surface area (Å²) in [6.45, 7) is 2.79. The van der Waals surface area contributed by atoms with E-state index in [0.717, 1.165) is 11.3 Å². The first kappa shape index (κ1) is 18.8. The largest absolute Gasteiger partial charge is 0.467 e. The zero-order chi connectivity index (χ0) is 20.2. The summed E-state index contributed by atoms with van der Waals surface area (Å²) in [6, 6.07) is 18.6. The standard InChI is InChI=1S/C23H22N2O4/c1-16-4-2-5-20(12-16)29-19-9-7-18(8-10-19)24-23(27)17-13-22(26)25(14-17)15-21-6-3-11-28-21/h2-12,17H,13-15H2,1H3,(H,24,27). The van der Waals surface area contributed by atoms with Crippen molar-refractivity contribution in [1.29, 1.82) is 0 Å². The van der Waals surface area contributed by atoms with Gasteiger partial charge in [0.2, 0.25) is 11.8 Å². The number of benzene rings is 2. The fourth-order valence-electron chi connectivity index (χ4n) is 3.36. The van der Waals surface area contributed by atoms with Crippen LogP contribution in [0.2, 0.25) is 0 Å². The van der Waals surface area contributed by atoms with Gasteiger partial charge in [0, 0.05) is 18.7 Å². The Morgan fingerprint density at radius 2 is 1.97 bits per heavy atom. The van der Waals surface area contributed by atoms with Crippen LogP contribution in [0.3, 0.4) is 0 Å². The predicted molar refractivity (Wildman–Crippen MR) is 109 cm³/mol. The first-order valence-corrected chi connectivity index (χ1v) is 9.52. The van der Waals surface area contributed by atoms with Gasteiger partial charge in [-0.1, -0.05) is 12.1 Å². The molecule has 0 saturated carbocycles. The highest BCUT2D eigenvalue weighted by molar-refractivity contribution is 5.97. The molecule has 29 heavy (non-hydrogen) atoms. The number of rotatable bonds is 6. The maximum atomic E-state index is 12.6. The summed E-state index contributed by atoms with van der Waals surface area (Å²) in [7, 11) is 0. The monoisotopic (exact) mass is 390 g/mol. The molecule has 1 aliphatic heterocycles. The number of nitrogens with zero attached hydrogens (tertiary/aromatic N) is 1. The third kappa shape index (κ3) is 4.66. The normalized spacial score (nSPS) is 16.1. The molecule has 0 aliphatic carbocycles. The van der Waals surface area contributed by atoms with Crippen molar-refractivity contribution in [2.75, 3.05) is 11.9 Å². The van der Waals surface area contributed by atoms with E-state index in [-0.39, 0.29) is 24.2 Å². The van der Waals surface area contributed by atoms with Crippen LogP contribution >= 0.6 is 0 Å². The zero-order valence-electron chi connectivity index (χ0n) is 16.1. The summed E-state index contributed by atoms with van der Waals surface area (Å²) in [5.41, 5.74) is 1.79. The average Bonchev–Trinajstić information content (AvgIpc) is 3.34. The molecule has 1 aromatic heterocycles. The van der Waals surface area contributed by atoms with Crippen molar-refractivity contribution in [3.05, 3.63) is 78.3 Å². The van der Waals surface area contributed by atoms with Crippen LogP contribution in [0.25, 0.3) is 0 Å². The van der Waals surface area contributed by atoms with Crippen LogP contribution in [-0.2, 0) is 16.1 Å². The smallest absolute Gasteiger partial charge is 0.229 e. The van der Waals surface area contributed by atoms with Crippen molar-refractivity contribution in [2.24, 2.45) is 5.92 Å². The Hall–Kier alpha value is -3.54. The summed E-state index contributed by atoms with van der Waals surface area (Å²) < 4.78 is 11.1. The molecular formula is C23H22N2O4. The number of carbonyl (C=O) groups excluding carboxylic acids is 2. The molecule has 1 fully saturated rings. The summed E-state index contributed by atoms with van der Waals surface area (Å²) in [5, 5.41) is 2.89. The molecule has 2 amide bonds.